The minimum absolute atomic E-state index is 0.162. The Hall–Kier alpha value is -4.80. The second kappa shape index (κ2) is 11.1. The molecule has 11 heteroatoms. The number of aryl methyl sites for hydroxylation is 1. The number of H-pyrrole nitrogens is 1. The molecule has 1 atom stereocenters. The smallest absolute Gasteiger partial charge is 0.427 e. The van der Waals surface area contributed by atoms with Gasteiger partial charge in [0.1, 0.15) is 12.4 Å². The van der Waals surface area contributed by atoms with Crippen LogP contribution in [0.2, 0.25) is 0 Å². The summed E-state index contributed by atoms with van der Waals surface area (Å²) >= 11 is 0. The van der Waals surface area contributed by atoms with Crippen LogP contribution < -0.4 is 15.6 Å². The highest BCUT2D eigenvalue weighted by Gasteiger charge is 2.66. The molecule has 0 bridgehead atoms. The van der Waals surface area contributed by atoms with Crippen LogP contribution in [0.5, 0.6) is 5.75 Å². The van der Waals surface area contributed by atoms with Crippen molar-refractivity contribution in [1.29, 1.82) is 0 Å². The fourth-order valence-electron chi connectivity index (χ4n) is 4.43. The van der Waals surface area contributed by atoms with E-state index in [0.29, 0.717) is 16.9 Å². The Bertz CT molecular complexity index is 1600. The third-order valence-electron chi connectivity index (χ3n) is 6.34. The van der Waals surface area contributed by atoms with Crippen LogP contribution in [0.25, 0.3) is 22.0 Å². The van der Waals surface area contributed by atoms with E-state index in [0.717, 1.165) is 7.11 Å². The van der Waals surface area contributed by atoms with Crippen LogP contribution in [0.15, 0.2) is 77.6 Å². The number of carbonyl (C=O) groups is 2. The zero-order chi connectivity index (χ0) is 29.1. The third-order valence-corrected chi connectivity index (χ3v) is 6.34. The molecule has 1 heterocycles. The van der Waals surface area contributed by atoms with Crippen molar-refractivity contribution < 1.29 is 37.0 Å². The van der Waals surface area contributed by atoms with Crippen LogP contribution in [0.3, 0.4) is 0 Å². The monoisotopic (exact) mass is 554 g/mol. The largest absolute Gasteiger partial charge is 0.497 e. The van der Waals surface area contributed by atoms with Crippen molar-refractivity contribution in [3.8, 4) is 16.9 Å². The summed E-state index contributed by atoms with van der Waals surface area (Å²) in [5, 5.41) is 1.86. The van der Waals surface area contributed by atoms with E-state index in [4.69, 9.17) is 9.47 Å². The number of aromatic amines is 1. The van der Waals surface area contributed by atoms with Crippen molar-refractivity contribution >= 4 is 23.0 Å². The molecule has 0 aliphatic rings. The molecule has 1 aromatic heterocycles. The number of amides is 1. The molecule has 40 heavy (non-hydrogen) atoms. The summed E-state index contributed by atoms with van der Waals surface area (Å²) in [4.78, 5) is 42.0. The number of hydrogen-bond donors (Lipinski definition) is 2. The first-order chi connectivity index (χ1) is 19.0. The van der Waals surface area contributed by atoms with Gasteiger partial charge in [-0.2, -0.15) is 13.2 Å². The minimum Gasteiger partial charge on any atom is -0.497 e. The topological polar surface area (TPSA) is 107 Å². The molecule has 0 aliphatic heterocycles. The SMILES string of the molecule is COC(=O)C(NC(=O)OCc1ccccc1)(c1c(-c2ccc(OC)cc2)c2cc(C)ccc2[nH]c1=O)C(F)(F)F. The summed E-state index contributed by atoms with van der Waals surface area (Å²) < 4.78 is 60.2. The Kier molecular flexibility index (Phi) is 7.85. The van der Waals surface area contributed by atoms with E-state index in [1.54, 1.807) is 54.7 Å². The van der Waals surface area contributed by atoms with Crippen molar-refractivity contribution in [2.45, 2.75) is 25.2 Å². The van der Waals surface area contributed by atoms with E-state index in [1.807, 2.05) is 0 Å². The van der Waals surface area contributed by atoms with E-state index >= 15 is 13.2 Å². The first-order valence-electron chi connectivity index (χ1n) is 12.0. The quantitative estimate of drug-likeness (QED) is 0.298. The van der Waals surface area contributed by atoms with Gasteiger partial charge in [-0.25, -0.2) is 9.59 Å². The van der Waals surface area contributed by atoms with Crippen LogP contribution in [-0.4, -0.2) is 37.4 Å². The van der Waals surface area contributed by atoms with Gasteiger partial charge in [-0.05, 0) is 42.3 Å². The summed E-state index contributed by atoms with van der Waals surface area (Å²) in [6.07, 6.45) is -7.13. The Morgan fingerprint density at radius 2 is 1.62 bits per heavy atom. The second-order valence-electron chi connectivity index (χ2n) is 8.91. The van der Waals surface area contributed by atoms with Crippen LogP contribution >= 0.6 is 0 Å². The van der Waals surface area contributed by atoms with Crippen molar-refractivity contribution in [2.24, 2.45) is 0 Å². The maximum absolute atomic E-state index is 15.2. The average Bonchev–Trinajstić information content (AvgIpc) is 2.94. The van der Waals surface area contributed by atoms with Crippen LogP contribution in [0.1, 0.15) is 16.7 Å². The molecule has 4 aromatic rings. The molecule has 0 fully saturated rings. The van der Waals surface area contributed by atoms with E-state index < -0.39 is 34.9 Å². The van der Waals surface area contributed by atoms with Crippen LogP contribution in [0.4, 0.5) is 18.0 Å². The maximum atomic E-state index is 15.2. The molecule has 0 radical (unpaired) electrons. The third kappa shape index (κ3) is 5.22. The fraction of sp³-hybridized carbons (Fsp3) is 0.207. The summed E-state index contributed by atoms with van der Waals surface area (Å²) in [5.41, 5.74) is -4.95. The standard InChI is InChI=1S/C29H25F3N2O6/c1-17-9-14-22-21(15-17)23(19-10-12-20(38-2)13-11-19)24(25(35)33-22)28(26(36)39-3,29(30,31)32)34-27(37)40-16-18-7-5-4-6-8-18/h4-15H,16H2,1-3H3,(H,33,35)(H,34,37). The second-order valence-corrected chi connectivity index (χ2v) is 8.91. The van der Waals surface area contributed by atoms with Gasteiger partial charge in [0, 0.05) is 16.5 Å². The number of methoxy groups -OCH3 is 2. The van der Waals surface area contributed by atoms with Crippen molar-refractivity contribution in [2.75, 3.05) is 14.2 Å². The lowest BCUT2D eigenvalue weighted by Crippen LogP contribution is -2.63. The Labute approximate surface area is 226 Å². The predicted molar refractivity (Wildman–Crippen MR) is 141 cm³/mol. The predicted octanol–water partition coefficient (Wildman–Crippen LogP) is 5.37. The summed E-state index contributed by atoms with van der Waals surface area (Å²) in [6, 6.07) is 18.9. The molecular weight excluding hydrogens is 529 g/mol. The number of carbonyl (C=O) groups excluding carboxylic acids is 2. The van der Waals surface area contributed by atoms with Crippen LogP contribution in [-0.2, 0) is 26.4 Å². The molecule has 0 aliphatic carbocycles. The lowest BCUT2D eigenvalue weighted by molar-refractivity contribution is -0.213. The van der Waals surface area contributed by atoms with E-state index in [1.165, 1.54) is 37.4 Å². The lowest BCUT2D eigenvalue weighted by atomic mass is 9.82. The molecule has 0 spiro atoms. The highest BCUT2D eigenvalue weighted by molar-refractivity contribution is 6.00. The Balaban J connectivity index is 2.01. The van der Waals surface area contributed by atoms with Crippen molar-refractivity contribution in [3.05, 3.63) is 99.8 Å². The highest BCUT2D eigenvalue weighted by atomic mass is 19.4. The maximum Gasteiger partial charge on any atom is 0.427 e. The number of pyridine rings is 1. The Morgan fingerprint density at radius 3 is 2.23 bits per heavy atom. The van der Waals surface area contributed by atoms with Gasteiger partial charge in [-0.15, -0.1) is 0 Å². The average molecular weight is 555 g/mol. The zero-order valence-corrected chi connectivity index (χ0v) is 21.7. The molecule has 4 rings (SSSR count). The van der Waals surface area contributed by atoms with Gasteiger partial charge in [-0.3, -0.25) is 10.1 Å². The van der Waals surface area contributed by atoms with Crippen molar-refractivity contribution in [1.82, 2.24) is 10.3 Å². The number of ether oxygens (including phenoxy) is 3. The van der Waals surface area contributed by atoms with Gasteiger partial charge in [0.25, 0.3) is 11.1 Å². The molecule has 1 amide bonds. The Morgan fingerprint density at radius 1 is 0.950 bits per heavy atom. The molecule has 2 N–H and O–H groups in total. The number of alkyl halides is 3. The van der Waals surface area contributed by atoms with Gasteiger partial charge in [0.2, 0.25) is 0 Å². The first-order valence-corrected chi connectivity index (χ1v) is 12.0. The van der Waals surface area contributed by atoms with Gasteiger partial charge < -0.3 is 19.2 Å². The van der Waals surface area contributed by atoms with E-state index in [-0.39, 0.29) is 28.6 Å². The number of nitrogens with one attached hydrogen (secondary N) is 2. The summed E-state index contributed by atoms with van der Waals surface area (Å²) in [5.74, 6) is -1.52. The van der Waals surface area contributed by atoms with Crippen LogP contribution in [0, 0.1) is 6.92 Å². The summed E-state index contributed by atoms with van der Waals surface area (Å²) in [7, 11) is 2.15. The minimum atomic E-state index is -5.54. The van der Waals surface area contributed by atoms with Gasteiger partial charge in [0.05, 0.1) is 19.8 Å². The number of halogens is 3. The molecule has 3 aromatic carbocycles. The number of aromatic nitrogens is 1. The van der Waals surface area contributed by atoms with Gasteiger partial charge in [-0.1, -0.05) is 54.1 Å². The molecule has 1 unspecified atom stereocenters. The van der Waals surface area contributed by atoms with Gasteiger partial charge >= 0.3 is 18.2 Å². The molecule has 8 nitrogen and oxygen atoms in total. The first kappa shape index (κ1) is 28.2. The zero-order valence-electron chi connectivity index (χ0n) is 21.7. The molecular formula is C29H25F3N2O6. The lowest BCUT2D eigenvalue weighted by Gasteiger charge is -2.34. The fourth-order valence-corrected chi connectivity index (χ4v) is 4.43. The number of fused-ring (bicyclic) bond motifs is 1. The van der Waals surface area contributed by atoms with Gasteiger partial charge in [0.15, 0.2) is 0 Å². The van der Waals surface area contributed by atoms with E-state index in [2.05, 4.69) is 9.72 Å². The van der Waals surface area contributed by atoms with Crippen molar-refractivity contribution in [3.63, 3.8) is 0 Å². The molecule has 0 saturated carbocycles. The number of alkyl carbamates (subject to hydrolysis) is 1. The normalized spacial score (nSPS) is 12.8. The number of hydrogen-bond acceptors (Lipinski definition) is 6. The van der Waals surface area contributed by atoms with E-state index in [9.17, 15) is 14.4 Å². The number of rotatable bonds is 7. The molecule has 208 valence electrons. The highest BCUT2D eigenvalue weighted by Crippen LogP contribution is 2.45. The summed E-state index contributed by atoms with van der Waals surface area (Å²) in [6.45, 7) is 1.33. The number of benzene rings is 3. The molecule has 0 saturated heterocycles. The number of esters is 1.